The van der Waals surface area contributed by atoms with Crippen LogP contribution >= 0.6 is 11.6 Å². The van der Waals surface area contributed by atoms with Crippen LogP contribution in [0.4, 0.5) is 8.78 Å². The Morgan fingerprint density at radius 1 is 1.21 bits per heavy atom. The van der Waals surface area contributed by atoms with Crippen molar-refractivity contribution in [3.8, 4) is 11.5 Å². The number of alkyl halides is 2. The normalized spacial score (nSPS) is 10.5. The third-order valence-electron chi connectivity index (χ3n) is 3.25. The topological polar surface area (TPSA) is 47.6 Å². The van der Waals surface area contributed by atoms with Gasteiger partial charge in [0.1, 0.15) is 11.5 Å². The van der Waals surface area contributed by atoms with Gasteiger partial charge in [0.05, 0.1) is 12.7 Å². The van der Waals surface area contributed by atoms with E-state index < -0.39 is 6.61 Å². The van der Waals surface area contributed by atoms with Crippen molar-refractivity contribution in [2.45, 2.75) is 13.0 Å². The molecule has 0 aromatic heterocycles. The first-order valence-electron chi connectivity index (χ1n) is 7.15. The molecule has 0 heterocycles. The molecule has 0 saturated carbocycles. The quantitative estimate of drug-likeness (QED) is 0.818. The van der Waals surface area contributed by atoms with E-state index in [1.807, 2.05) is 0 Å². The van der Waals surface area contributed by atoms with E-state index in [9.17, 15) is 13.6 Å². The van der Waals surface area contributed by atoms with Crippen LogP contribution in [-0.4, -0.2) is 26.2 Å². The average Bonchev–Trinajstić information content (AvgIpc) is 2.56. The Hall–Kier alpha value is -2.34. The highest BCUT2D eigenvalue weighted by Crippen LogP contribution is 2.22. The minimum Gasteiger partial charge on any atom is -0.496 e. The van der Waals surface area contributed by atoms with Crippen LogP contribution in [0.15, 0.2) is 42.5 Å². The van der Waals surface area contributed by atoms with Gasteiger partial charge in [0.15, 0.2) is 0 Å². The van der Waals surface area contributed by atoms with Crippen molar-refractivity contribution in [2.75, 3.05) is 13.7 Å². The molecule has 0 atom stereocenters. The molecular formula is C17H16ClF2NO3. The Morgan fingerprint density at radius 3 is 2.54 bits per heavy atom. The number of benzene rings is 2. The molecule has 2 aromatic carbocycles. The van der Waals surface area contributed by atoms with Crippen molar-refractivity contribution in [3.63, 3.8) is 0 Å². The van der Waals surface area contributed by atoms with Crippen LogP contribution in [-0.2, 0) is 6.42 Å². The molecule has 1 amide bonds. The first-order valence-corrected chi connectivity index (χ1v) is 7.53. The van der Waals surface area contributed by atoms with E-state index in [0.29, 0.717) is 29.3 Å². The van der Waals surface area contributed by atoms with E-state index in [-0.39, 0.29) is 11.7 Å². The first kappa shape index (κ1) is 18.0. The molecule has 0 aliphatic heterocycles. The van der Waals surface area contributed by atoms with E-state index in [0.717, 1.165) is 5.56 Å². The fraction of sp³-hybridized carbons (Fsp3) is 0.235. The molecule has 128 valence electrons. The fourth-order valence-electron chi connectivity index (χ4n) is 2.11. The summed E-state index contributed by atoms with van der Waals surface area (Å²) in [6, 6.07) is 11.1. The number of ether oxygens (including phenoxy) is 2. The Bertz CT molecular complexity index is 693. The molecule has 0 fully saturated rings. The maximum atomic E-state index is 12.2. The number of carbonyl (C=O) groups excluding carboxylic acids is 1. The highest BCUT2D eigenvalue weighted by molar-refractivity contribution is 6.31. The number of carbonyl (C=O) groups is 1. The molecule has 2 rings (SSSR count). The van der Waals surface area contributed by atoms with Crippen LogP contribution in [0.1, 0.15) is 15.9 Å². The zero-order chi connectivity index (χ0) is 17.5. The smallest absolute Gasteiger partial charge is 0.387 e. The van der Waals surface area contributed by atoms with Gasteiger partial charge in [0, 0.05) is 11.6 Å². The molecule has 1 N–H and O–H groups in total. The molecule has 7 heteroatoms. The SMILES string of the molecule is COc1ccc(Cl)cc1C(=O)NCCc1ccc(OC(F)F)cc1. The van der Waals surface area contributed by atoms with Crippen LogP contribution in [0, 0.1) is 0 Å². The summed E-state index contributed by atoms with van der Waals surface area (Å²) in [4.78, 5) is 12.2. The zero-order valence-electron chi connectivity index (χ0n) is 12.9. The van der Waals surface area contributed by atoms with Crippen molar-refractivity contribution in [3.05, 3.63) is 58.6 Å². The lowest BCUT2D eigenvalue weighted by molar-refractivity contribution is -0.0498. The second-order valence-corrected chi connectivity index (χ2v) is 5.31. The lowest BCUT2D eigenvalue weighted by atomic mass is 10.1. The van der Waals surface area contributed by atoms with Gasteiger partial charge in [-0.05, 0) is 42.3 Å². The highest BCUT2D eigenvalue weighted by atomic mass is 35.5. The van der Waals surface area contributed by atoms with Gasteiger partial charge in [-0.15, -0.1) is 0 Å². The van der Waals surface area contributed by atoms with Gasteiger partial charge in [-0.3, -0.25) is 4.79 Å². The molecule has 0 aliphatic rings. The van der Waals surface area contributed by atoms with E-state index in [4.69, 9.17) is 16.3 Å². The van der Waals surface area contributed by atoms with Gasteiger partial charge in [-0.25, -0.2) is 0 Å². The van der Waals surface area contributed by atoms with Gasteiger partial charge in [0.25, 0.3) is 5.91 Å². The van der Waals surface area contributed by atoms with Crippen molar-refractivity contribution < 1.29 is 23.0 Å². The van der Waals surface area contributed by atoms with E-state index in [2.05, 4.69) is 10.1 Å². The summed E-state index contributed by atoms with van der Waals surface area (Å²) in [5.41, 5.74) is 1.24. The van der Waals surface area contributed by atoms with Crippen LogP contribution in [0.25, 0.3) is 0 Å². The predicted molar refractivity (Wildman–Crippen MR) is 87.1 cm³/mol. The molecule has 4 nitrogen and oxygen atoms in total. The first-order chi connectivity index (χ1) is 11.5. The third-order valence-corrected chi connectivity index (χ3v) is 3.49. The summed E-state index contributed by atoms with van der Waals surface area (Å²) >= 11 is 5.90. The van der Waals surface area contributed by atoms with Gasteiger partial charge in [-0.1, -0.05) is 23.7 Å². The molecular weight excluding hydrogens is 340 g/mol. The Labute approximate surface area is 143 Å². The van der Waals surface area contributed by atoms with Crippen molar-refractivity contribution in [2.24, 2.45) is 0 Å². The number of methoxy groups -OCH3 is 1. The van der Waals surface area contributed by atoms with Crippen molar-refractivity contribution in [1.82, 2.24) is 5.32 Å². The van der Waals surface area contributed by atoms with Crippen molar-refractivity contribution >= 4 is 17.5 Å². The molecule has 0 radical (unpaired) electrons. The second-order valence-electron chi connectivity index (χ2n) is 4.87. The summed E-state index contributed by atoms with van der Waals surface area (Å²) in [7, 11) is 1.48. The lowest BCUT2D eigenvalue weighted by Gasteiger charge is -2.10. The van der Waals surface area contributed by atoms with Crippen LogP contribution in [0.3, 0.4) is 0 Å². The monoisotopic (exact) mass is 355 g/mol. The van der Waals surface area contributed by atoms with Crippen LogP contribution < -0.4 is 14.8 Å². The molecule has 0 unspecified atom stereocenters. The summed E-state index contributed by atoms with van der Waals surface area (Å²) in [5.74, 6) is 0.235. The summed E-state index contributed by atoms with van der Waals surface area (Å²) in [5, 5.41) is 3.21. The molecule has 0 bridgehead atoms. The minimum absolute atomic E-state index is 0.0986. The van der Waals surface area contributed by atoms with Crippen molar-refractivity contribution in [1.29, 1.82) is 0 Å². The van der Waals surface area contributed by atoms with E-state index in [1.165, 1.54) is 25.3 Å². The number of rotatable bonds is 7. The van der Waals surface area contributed by atoms with Crippen LogP contribution in [0.2, 0.25) is 5.02 Å². The Kier molecular flexibility index (Phi) is 6.37. The van der Waals surface area contributed by atoms with Gasteiger partial charge in [0.2, 0.25) is 0 Å². The summed E-state index contributed by atoms with van der Waals surface area (Å²) in [6.07, 6.45) is 0.545. The third kappa shape index (κ3) is 5.09. The largest absolute Gasteiger partial charge is 0.496 e. The Balaban J connectivity index is 1.90. The average molecular weight is 356 g/mol. The molecule has 0 spiro atoms. The van der Waals surface area contributed by atoms with Gasteiger partial charge in [-0.2, -0.15) is 8.78 Å². The lowest BCUT2D eigenvalue weighted by Crippen LogP contribution is -2.26. The standard InChI is InChI=1S/C17H16ClF2NO3/c1-23-15-7-4-12(18)10-14(15)16(22)21-9-8-11-2-5-13(6-3-11)24-17(19)20/h2-7,10,17H,8-9H2,1H3,(H,21,22). The minimum atomic E-state index is -2.84. The van der Waals surface area contributed by atoms with Crippen LogP contribution in [0.5, 0.6) is 11.5 Å². The molecule has 24 heavy (non-hydrogen) atoms. The number of amides is 1. The van der Waals surface area contributed by atoms with Gasteiger partial charge < -0.3 is 14.8 Å². The van der Waals surface area contributed by atoms with E-state index in [1.54, 1.807) is 24.3 Å². The number of hydrogen-bond donors (Lipinski definition) is 1. The molecule has 2 aromatic rings. The number of nitrogens with one attached hydrogen (secondary N) is 1. The second kappa shape index (κ2) is 8.49. The molecule has 0 saturated heterocycles. The van der Waals surface area contributed by atoms with Gasteiger partial charge >= 0.3 is 6.61 Å². The maximum absolute atomic E-state index is 12.2. The zero-order valence-corrected chi connectivity index (χ0v) is 13.6. The molecule has 0 aliphatic carbocycles. The summed E-state index contributed by atoms with van der Waals surface area (Å²) < 4.78 is 33.6. The Morgan fingerprint density at radius 2 is 1.92 bits per heavy atom. The maximum Gasteiger partial charge on any atom is 0.387 e. The number of halogens is 3. The predicted octanol–water partition coefficient (Wildman–Crippen LogP) is 3.92. The summed E-state index contributed by atoms with van der Waals surface area (Å²) in [6.45, 7) is -2.47. The fourth-order valence-corrected chi connectivity index (χ4v) is 2.28. The van der Waals surface area contributed by atoms with E-state index >= 15 is 0 Å². The number of hydrogen-bond acceptors (Lipinski definition) is 3. The highest BCUT2D eigenvalue weighted by Gasteiger charge is 2.12.